The van der Waals surface area contributed by atoms with Crippen LogP contribution in [0.15, 0.2) is 18.2 Å². The van der Waals surface area contributed by atoms with E-state index in [0.717, 1.165) is 49.7 Å². The van der Waals surface area contributed by atoms with Gasteiger partial charge in [-0.1, -0.05) is 24.1 Å². The summed E-state index contributed by atoms with van der Waals surface area (Å²) in [5.74, 6) is 0.180. The standard InChI is InChI=1S/C22H33NO4/c1-15-12-13-18(20(24)26-5)17(14-15)10-6-8-16-9-7-11-19(16)23-21(25)27-22(2,3)4/h12-14,16,19H,6-11H2,1-5H3,(H,23,25)/t16-,19+/m1/s1. The largest absolute Gasteiger partial charge is 0.465 e. The van der Waals surface area contributed by atoms with Gasteiger partial charge >= 0.3 is 12.1 Å². The van der Waals surface area contributed by atoms with Gasteiger partial charge in [0, 0.05) is 6.04 Å². The van der Waals surface area contributed by atoms with Crippen LogP contribution in [0.1, 0.15) is 74.4 Å². The number of carbonyl (C=O) groups is 2. The van der Waals surface area contributed by atoms with Crippen LogP contribution in [0.3, 0.4) is 0 Å². The smallest absolute Gasteiger partial charge is 0.407 e. The highest BCUT2D eigenvalue weighted by atomic mass is 16.6. The number of nitrogens with one attached hydrogen (secondary N) is 1. The lowest BCUT2D eigenvalue weighted by Crippen LogP contribution is -2.40. The molecule has 0 radical (unpaired) electrons. The third-order valence-corrected chi connectivity index (χ3v) is 5.05. The minimum Gasteiger partial charge on any atom is -0.465 e. The maximum atomic E-state index is 12.1. The van der Waals surface area contributed by atoms with Crippen molar-refractivity contribution in [3.63, 3.8) is 0 Å². The van der Waals surface area contributed by atoms with Crippen LogP contribution in [0.5, 0.6) is 0 Å². The Morgan fingerprint density at radius 2 is 1.96 bits per heavy atom. The zero-order chi connectivity index (χ0) is 20.0. The molecule has 0 spiro atoms. The van der Waals surface area contributed by atoms with Gasteiger partial charge in [0.25, 0.3) is 0 Å². The third kappa shape index (κ3) is 6.56. The number of carbonyl (C=O) groups excluding carboxylic acids is 2. The molecule has 1 aliphatic rings. The van der Waals surface area contributed by atoms with Crippen LogP contribution in [0, 0.1) is 12.8 Å². The molecule has 150 valence electrons. The summed E-state index contributed by atoms with van der Waals surface area (Å²) in [6.45, 7) is 7.65. The van der Waals surface area contributed by atoms with Crippen LogP contribution in [-0.2, 0) is 15.9 Å². The van der Waals surface area contributed by atoms with E-state index in [1.807, 2.05) is 39.8 Å². The quantitative estimate of drug-likeness (QED) is 0.726. The van der Waals surface area contributed by atoms with E-state index in [9.17, 15) is 9.59 Å². The second-order valence-corrected chi connectivity index (χ2v) is 8.49. The summed E-state index contributed by atoms with van der Waals surface area (Å²) in [5.41, 5.74) is 2.35. The summed E-state index contributed by atoms with van der Waals surface area (Å²) in [6, 6.07) is 6.03. The number of amides is 1. The van der Waals surface area contributed by atoms with Gasteiger partial charge in [-0.3, -0.25) is 0 Å². The average molecular weight is 376 g/mol. The minimum atomic E-state index is -0.479. The van der Waals surface area contributed by atoms with Gasteiger partial charge in [-0.15, -0.1) is 0 Å². The lowest BCUT2D eigenvalue weighted by molar-refractivity contribution is 0.0490. The molecule has 0 bridgehead atoms. The number of hydrogen-bond acceptors (Lipinski definition) is 4. The van der Waals surface area contributed by atoms with E-state index in [4.69, 9.17) is 9.47 Å². The van der Waals surface area contributed by atoms with Gasteiger partial charge in [-0.2, -0.15) is 0 Å². The van der Waals surface area contributed by atoms with Crippen molar-refractivity contribution in [3.05, 3.63) is 34.9 Å². The lowest BCUT2D eigenvalue weighted by atomic mass is 9.93. The highest BCUT2D eigenvalue weighted by Gasteiger charge is 2.29. The molecule has 1 fully saturated rings. The fourth-order valence-corrected chi connectivity index (χ4v) is 3.82. The predicted molar refractivity (Wildman–Crippen MR) is 106 cm³/mol. The summed E-state index contributed by atoms with van der Waals surface area (Å²) < 4.78 is 10.3. The highest BCUT2D eigenvalue weighted by molar-refractivity contribution is 5.91. The first kappa shape index (κ1) is 21.3. The van der Waals surface area contributed by atoms with Gasteiger partial charge in [-0.25, -0.2) is 9.59 Å². The molecule has 1 aliphatic carbocycles. The first-order valence-electron chi connectivity index (χ1n) is 9.87. The van der Waals surface area contributed by atoms with E-state index >= 15 is 0 Å². The molecule has 1 saturated carbocycles. The first-order valence-corrected chi connectivity index (χ1v) is 9.87. The van der Waals surface area contributed by atoms with Crippen molar-refractivity contribution in [1.82, 2.24) is 5.32 Å². The Kier molecular flexibility index (Phi) is 7.28. The molecule has 0 saturated heterocycles. The number of methoxy groups -OCH3 is 1. The molecule has 2 atom stereocenters. The summed E-state index contributed by atoms with van der Waals surface area (Å²) in [6.07, 6.45) is 5.76. The zero-order valence-electron chi connectivity index (χ0n) is 17.3. The molecule has 27 heavy (non-hydrogen) atoms. The van der Waals surface area contributed by atoms with Crippen LogP contribution in [-0.4, -0.2) is 30.8 Å². The molecule has 1 N–H and O–H groups in total. The summed E-state index contributed by atoms with van der Waals surface area (Å²) >= 11 is 0. The molecule has 1 aromatic rings. The Labute approximate surface area is 162 Å². The van der Waals surface area contributed by atoms with E-state index in [0.29, 0.717) is 11.5 Å². The van der Waals surface area contributed by atoms with Crippen molar-refractivity contribution in [2.45, 2.75) is 77.9 Å². The number of ether oxygens (including phenoxy) is 2. The van der Waals surface area contributed by atoms with Crippen LogP contribution in [0.4, 0.5) is 4.79 Å². The molecule has 0 aliphatic heterocycles. The molecule has 1 amide bonds. The summed E-state index contributed by atoms with van der Waals surface area (Å²) in [4.78, 5) is 24.0. The molecular weight excluding hydrogens is 342 g/mol. The lowest BCUT2D eigenvalue weighted by Gasteiger charge is -2.25. The minimum absolute atomic E-state index is 0.178. The highest BCUT2D eigenvalue weighted by Crippen LogP contribution is 2.30. The van der Waals surface area contributed by atoms with Crippen molar-refractivity contribution in [2.24, 2.45) is 5.92 Å². The van der Waals surface area contributed by atoms with Crippen molar-refractivity contribution < 1.29 is 19.1 Å². The van der Waals surface area contributed by atoms with E-state index in [-0.39, 0.29) is 18.1 Å². The molecule has 0 heterocycles. The Bertz CT molecular complexity index is 663. The van der Waals surface area contributed by atoms with Crippen LogP contribution in [0.25, 0.3) is 0 Å². The number of benzene rings is 1. The van der Waals surface area contributed by atoms with Gasteiger partial charge in [0.15, 0.2) is 0 Å². The molecule has 5 nitrogen and oxygen atoms in total. The molecule has 0 unspecified atom stereocenters. The monoisotopic (exact) mass is 375 g/mol. The topological polar surface area (TPSA) is 64.6 Å². The number of esters is 1. The van der Waals surface area contributed by atoms with Gasteiger partial charge < -0.3 is 14.8 Å². The fraction of sp³-hybridized carbons (Fsp3) is 0.636. The summed E-state index contributed by atoms with van der Waals surface area (Å²) in [5, 5.41) is 3.05. The van der Waals surface area contributed by atoms with Gasteiger partial charge in [0.05, 0.1) is 12.7 Å². The fourth-order valence-electron chi connectivity index (χ4n) is 3.82. The van der Waals surface area contributed by atoms with Crippen LogP contribution >= 0.6 is 0 Å². The van der Waals surface area contributed by atoms with E-state index in [2.05, 4.69) is 11.4 Å². The van der Waals surface area contributed by atoms with Gasteiger partial charge in [0.2, 0.25) is 0 Å². The average Bonchev–Trinajstić information content (AvgIpc) is 2.99. The first-order chi connectivity index (χ1) is 12.7. The Hall–Kier alpha value is -2.04. The van der Waals surface area contributed by atoms with Crippen LogP contribution < -0.4 is 5.32 Å². The second kappa shape index (κ2) is 9.25. The van der Waals surface area contributed by atoms with Crippen molar-refractivity contribution in [1.29, 1.82) is 0 Å². The van der Waals surface area contributed by atoms with Gasteiger partial charge in [-0.05, 0) is 77.3 Å². The number of aryl methyl sites for hydroxylation is 2. The predicted octanol–water partition coefficient (Wildman–Crippen LogP) is 4.80. The van der Waals surface area contributed by atoms with E-state index in [1.165, 1.54) is 7.11 Å². The molecular formula is C22H33NO4. The zero-order valence-corrected chi connectivity index (χ0v) is 17.3. The molecule has 1 aromatic carbocycles. The van der Waals surface area contributed by atoms with Crippen molar-refractivity contribution in [2.75, 3.05) is 7.11 Å². The SMILES string of the molecule is COC(=O)c1ccc(C)cc1CCC[C@@H]1CCC[C@@H]1NC(=O)OC(C)(C)C. The Morgan fingerprint density at radius 3 is 2.63 bits per heavy atom. The van der Waals surface area contributed by atoms with E-state index in [1.54, 1.807) is 0 Å². The van der Waals surface area contributed by atoms with E-state index < -0.39 is 5.60 Å². The van der Waals surface area contributed by atoms with Crippen LogP contribution in [0.2, 0.25) is 0 Å². The number of alkyl carbamates (subject to hydrolysis) is 1. The van der Waals surface area contributed by atoms with Gasteiger partial charge in [0.1, 0.15) is 5.60 Å². The second-order valence-electron chi connectivity index (χ2n) is 8.49. The number of hydrogen-bond donors (Lipinski definition) is 1. The molecule has 0 aromatic heterocycles. The Balaban J connectivity index is 1.90. The third-order valence-electron chi connectivity index (χ3n) is 5.05. The maximum Gasteiger partial charge on any atom is 0.407 e. The normalized spacial score (nSPS) is 19.6. The number of rotatable bonds is 6. The summed E-state index contributed by atoms with van der Waals surface area (Å²) in [7, 11) is 1.41. The molecule has 2 rings (SSSR count). The molecule has 5 heteroatoms. The maximum absolute atomic E-state index is 12.1. The van der Waals surface area contributed by atoms with Crippen molar-refractivity contribution in [3.8, 4) is 0 Å². The van der Waals surface area contributed by atoms with Crippen molar-refractivity contribution >= 4 is 12.1 Å². The Morgan fingerprint density at radius 1 is 1.22 bits per heavy atom.